The van der Waals surface area contributed by atoms with Gasteiger partial charge < -0.3 is 9.88 Å². The van der Waals surface area contributed by atoms with Crippen LogP contribution in [0.4, 0.5) is 0 Å². The molecule has 1 aliphatic heterocycles. The van der Waals surface area contributed by atoms with Crippen molar-refractivity contribution in [3.05, 3.63) is 34.2 Å². The van der Waals surface area contributed by atoms with Crippen LogP contribution in [-0.2, 0) is 4.79 Å². The van der Waals surface area contributed by atoms with Gasteiger partial charge in [-0.25, -0.2) is 0 Å². The second-order valence-electron chi connectivity index (χ2n) is 5.33. The summed E-state index contributed by atoms with van der Waals surface area (Å²) in [4.78, 5) is 40.2. The molecule has 1 aliphatic rings. The minimum absolute atomic E-state index is 0.0803. The number of rotatable bonds is 3. The molecular formula is C15H20N2O3. The van der Waals surface area contributed by atoms with E-state index in [4.69, 9.17) is 0 Å². The highest BCUT2D eigenvalue weighted by atomic mass is 16.2. The molecule has 20 heavy (non-hydrogen) atoms. The van der Waals surface area contributed by atoms with Crippen molar-refractivity contribution in [2.75, 3.05) is 6.54 Å². The molecule has 2 rings (SSSR count). The molecule has 1 atom stereocenters. The summed E-state index contributed by atoms with van der Waals surface area (Å²) < 4.78 is 0. The number of Topliss-reactive ketones (excluding diaryl/α,β-unsaturated/α-hetero) is 1. The maximum absolute atomic E-state index is 12.6. The Bertz CT molecular complexity index is 550. The van der Waals surface area contributed by atoms with Gasteiger partial charge in [-0.2, -0.15) is 0 Å². The number of hydrogen-bond acceptors (Lipinski definition) is 3. The molecule has 0 spiro atoms. The Kier molecular flexibility index (Phi) is 4.71. The zero-order valence-corrected chi connectivity index (χ0v) is 11.7. The van der Waals surface area contributed by atoms with Crippen LogP contribution in [0.5, 0.6) is 0 Å². The molecule has 0 saturated carbocycles. The standard InChI is InChI=1S/C15H20N2O3/c1-11(18)9-12-5-3-2-4-8-17(12)15(20)13-10-16-7-6-14(13)19/h6-7,10,12H,2-5,8-9H2,1H3,(H,16,19). The zero-order chi connectivity index (χ0) is 14.5. The fourth-order valence-corrected chi connectivity index (χ4v) is 2.73. The normalized spacial score (nSPS) is 19.4. The van der Waals surface area contributed by atoms with Crippen LogP contribution in [0.1, 0.15) is 49.4 Å². The van der Waals surface area contributed by atoms with Crippen LogP contribution >= 0.6 is 0 Å². The third kappa shape index (κ3) is 3.35. The van der Waals surface area contributed by atoms with Gasteiger partial charge in [0.25, 0.3) is 5.91 Å². The van der Waals surface area contributed by atoms with Gasteiger partial charge in [-0.05, 0) is 19.8 Å². The van der Waals surface area contributed by atoms with Crippen molar-refractivity contribution in [1.82, 2.24) is 9.88 Å². The van der Waals surface area contributed by atoms with E-state index in [0.29, 0.717) is 13.0 Å². The summed E-state index contributed by atoms with van der Waals surface area (Å²) in [5.74, 6) is -0.184. The number of aromatic amines is 1. The van der Waals surface area contributed by atoms with E-state index < -0.39 is 0 Å². The van der Waals surface area contributed by atoms with Crippen LogP contribution in [-0.4, -0.2) is 34.2 Å². The Morgan fingerprint density at radius 2 is 2.15 bits per heavy atom. The van der Waals surface area contributed by atoms with Crippen LogP contribution in [0.25, 0.3) is 0 Å². The van der Waals surface area contributed by atoms with E-state index in [1.54, 1.807) is 11.8 Å². The summed E-state index contributed by atoms with van der Waals surface area (Å²) in [5, 5.41) is 0. The number of nitrogens with zero attached hydrogens (tertiary/aromatic N) is 1. The van der Waals surface area contributed by atoms with E-state index >= 15 is 0 Å². The molecule has 1 aromatic rings. The minimum atomic E-state index is -0.278. The molecule has 0 bridgehead atoms. The summed E-state index contributed by atoms with van der Waals surface area (Å²) >= 11 is 0. The number of H-pyrrole nitrogens is 1. The van der Waals surface area contributed by atoms with Crippen molar-refractivity contribution in [2.24, 2.45) is 0 Å². The first-order valence-corrected chi connectivity index (χ1v) is 7.07. The van der Waals surface area contributed by atoms with Crippen LogP contribution in [0.2, 0.25) is 0 Å². The Labute approximate surface area is 118 Å². The number of carbonyl (C=O) groups excluding carboxylic acids is 2. The maximum atomic E-state index is 12.6. The maximum Gasteiger partial charge on any atom is 0.259 e. The molecule has 1 unspecified atom stereocenters. The van der Waals surface area contributed by atoms with Crippen molar-refractivity contribution in [1.29, 1.82) is 0 Å². The molecular weight excluding hydrogens is 256 g/mol. The summed E-state index contributed by atoms with van der Waals surface area (Å²) in [7, 11) is 0. The van der Waals surface area contributed by atoms with Crippen molar-refractivity contribution >= 4 is 11.7 Å². The first-order valence-electron chi connectivity index (χ1n) is 7.07. The molecule has 0 aliphatic carbocycles. The van der Waals surface area contributed by atoms with Gasteiger partial charge in [0.1, 0.15) is 11.3 Å². The average Bonchev–Trinajstić information content (AvgIpc) is 2.63. The summed E-state index contributed by atoms with van der Waals surface area (Å²) in [6, 6.07) is 1.27. The number of hydrogen-bond donors (Lipinski definition) is 1. The average molecular weight is 276 g/mol. The highest BCUT2D eigenvalue weighted by molar-refractivity contribution is 5.94. The molecule has 1 amide bonds. The lowest BCUT2D eigenvalue weighted by molar-refractivity contribution is -0.118. The molecule has 5 heteroatoms. The number of carbonyl (C=O) groups is 2. The summed E-state index contributed by atoms with van der Waals surface area (Å²) in [5.41, 5.74) is -0.123. The van der Waals surface area contributed by atoms with Crippen molar-refractivity contribution < 1.29 is 9.59 Å². The number of likely N-dealkylation sites (tertiary alicyclic amines) is 1. The number of aromatic nitrogens is 1. The Balaban J connectivity index is 2.26. The third-order valence-electron chi connectivity index (χ3n) is 3.72. The molecule has 2 heterocycles. The molecule has 0 aromatic carbocycles. The van der Waals surface area contributed by atoms with Gasteiger partial charge in [0.05, 0.1) is 0 Å². The van der Waals surface area contributed by atoms with Crippen LogP contribution < -0.4 is 5.43 Å². The van der Waals surface area contributed by atoms with Gasteiger partial charge in [0.15, 0.2) is 5.43 Å². The topological polar surface area (TPSA) is 70.2 Å². The lowest BCUT2D eigenvalue weighted by Gasteiger charge is -2.29. The van der Waals surface area contributed by atoms with Gasteiger partial charge in [0.2, 0.25) is 0 Å². The van der Waals surface area contributed by atoms with Crippen LogP contribution in [0, 0.1) is 0 Å². The summed E-state index contributed by atoms with van der Waals surface area (Å²) in [6.45, 7) is 2.16. The van der Waals surface area contributed by atoms with E-state index in [1.807, 2.05) is 0 Å². The third-order valence-corrected chi connectivity index (χ3v) is 3.72. The molecule has 1 N–H and O–H groups in total. The SMILES string of the molecule is CC(=O)CC1CCCCCN1C(=O)c1c[nH]ccc1=O. The first-order chi connectivity index (χ1) is 9.59. The largest absolute Gasteiger partial charge is 0.367 e. The van der Waals surface area contributed by atoms with Gasteiger partial charge in [-0.1, -0.05) is 12.8 Å². The number of nitrogens with one attached hydrogen (secondary N) is 1. The first kappa shape index (κ1) is 14.5. The van der Waals surface area contributed by atoms with Crippen LogP contribution in [0.15, 0.2) is 23.3 Å². The van der Waals surface area contributed by atoms with Gasteiger partial charge in [0, 0.05) is 37.5 Å². The fourth-order valence-electron chi connectivity index (χ4n) is 2.73. The van der Waals surface area contributed by atoms with E-state index in [-0.39, 0.29) is 28.7 Å². The monoisotopic (exact) mass is 276 g/mol. The molecule has 0 radical (unpaired) electrons. The van der Waals surface area contributed by atoms with Crippen molar-refractivity contribution in [3.63, 3.8) is 0 Å². The van der Waals surface area contributed by atoms with E-state index in [2.05, 4.69) is 4.98 Å². The molecule has 1 saturated heterocycles. The number of amides is 1. The lowest BCUT2D eigenvalue weighted by atomic mass is 10.0. The predicted molar refractivity (Wildman–Crippen MR) is 75.7 cm³/mol. The predicted octanol–water partition coefficient (Wildman–Crippen LogP) is 1.74. The van der Waals surface area contributed by atoms with Gasteiger partial charge >= 0.3 is 0 Å². The van der Waals surface area contributed by atoms with Crippen molar-refractivity contribution in [2.45, 2.75) is 45.1 Å². The van der Waals surface area contributed by atoms with Gasteiger partial charge in [-0.3, -0.25) is 14.4 Å². The molecule has 1 aromatic heterocycles. The minimum Gasteiger partial charge on any atom is -0.367 e. The second-order valence-corrected chi connectivity index (χ2v) is 5.33. The zero-order valence-electron chi connectivity index (χ0n) is 11.7. The summed E-state index contributed by atoms with van der Waals surface area (Å²) in [6.07, 6.45) is 7.16. The quantitative estimate of drug-likeness (QED) is 0.914. The van der Waals surface area contributed by atoms with Gasteiger partial charge in [-0.15, -0.1) is 0 Å². The van der Waals surface area contributed by atoms with Crippen molar-refractivity contribution in [3.8, 4) is 0 Å². The molecule has 108 valence electrons. The number of pyridine rings is 1. The lowest BCUT2D eigenvalue weighted by Crippen LogP contribution is -2.42. The Morgan fingerprint density at radius 3 is 2.85 bits per heavy atom. The highest BCUT2D eigenvalue weighted by Gasteiger charge is 2.28. The highest BCUT2D eigenvalue weighted by Crippen LogP contribution is 2.21. The van der Waals surface area contributed by atoms with E-state index in [9.17, 15) is 14.4 Å². The van der Waals surface area contributed by atoms with Crippen LogP contribution in [0.3, 0.4) is 0 Å². The number of ketones is 1. The fraction of sp³-hybridized carbons (Fsp3) is 0.533. The second kappa shape index (κ2) is 6.50. The Hall–Kier alpha value is -1.91. The van der Waals surface area contributed by atoms with E-state index in [0.717, 1.165) is 25.7 Å². The smallest absolute Gasteiger partial charge is 0.259 e. The van der Waals surface area contributed by atoms with E-state index in [1.165, 1.54) is 18.5 Å². The molecule has 5 nitrogen and oxygen atoms in total. The Morgan fingerprint density at radius 1 is 1.35 bits per heavy atom. The molecule has 1 fully saturated rings.